The average Bonchev–Trinajstić information content (AvgIpc) is 3.07. The molecule has 0 saturated heterocycles. The predicted octanol–water partition coefficient (Wildman–Crippen LogP) is 5.18. The first kappa shape index (κ1) is 18.6. The van der Waals surface area contributed by atoms with Crippen molar-refractivity contribution in [3.05, 3.63) is 78.8 Å². The number of hydrogen-bond acceptors (Lipinski definition) is 4. The minimum Gasteiger partial charge on any atom is -0.494 e. The van der Waals surface area contributed by atoms with E-state index in [-0.39, 0.29) is 16.2 Å². The van der Waals surface area contributed by atoms with Gasteiger partial charge in [-0.05, 0) is 60.6 Å². The topological polar surface area (TPSA) is 70.4 Å². The van der Waals surface area contributed by atoms with Crippen LogP contribution in [0.2, 0.25) is 0 Å². The third-order valence-electron chi connectivity index (χ3n) is 4.64. The van der Waals surface area contributed by atoms with Crippen molar-refractivity contribution in [2.45, 2.75) is 13.3 Å². The smallest absolute Gasteiger partial charge is 0.262 e. The van der Waals surface area contributed by atoms with Crippen LogP contribution in [0.5, 0.6) is 5.88 Å². The van der Waals surface area contributed by atoms with E-state index in [9.17, 15) is 9.90 Å². The molecule has 3 aromatic rings. The number of rotatable bonds is 3. The number of aromatic hydroxyl groups is 1. The fourth-order valence-electron chi connectivity index (χ4n) is 3.12. The lowest BCUT2D eigenvalue weighted by Crippen LogP contribution is -2.16. The number of H-pyrrole nitrogens is 1. The highest BCUT2D eigenvalue weighted by Gasteiger charge is 2.17. The molecule has 7 heteroatoms. The predicted molar refractivity (Wildman–Crippen MR) is 118 cm³/mol. The number of nitrogens with zero attached hydrogens (tertiary/aromatic N) is 2. The summed E-state index contributed by atoms with van der Waals surface area (Å²) in [4.78, 5) is 19.5. The minimum absolute atomic E-state index is 0.127. The number of fused-ring (bicyclic) bond motifs is 1. The summed E-state index contributed by atoms with van der Waals surface area (Å²) in [5.41, 5.74) is 3.96. The van der Waals surface area contributed by atoms with E-state index in [1.165, 1.54) is 10.1 Å². The molecule has 1 aliphatic heterocycles. The Hall–Kier alpha value is -2.77. The van der Waals surface area contributed by atoms with E-state index < -0.39 is 5.56 Å². The quantitative estimate of drug-likeness (QED) is 0.536. The molecular weight excluding hydrogens is 438 g/mol. The van der Waals surface area contributed by atoms with Crippen LogP contribution >= 0.6 is 28.1 Å². The Kier molecular flexibility index (Phi) is 4.87. The Morgan fingerprint density at radius 2 is 2.00 bits per heavy atom. The second kappa shape index (κ2) is 7.33. The second-order valence-corrected chi connectivity index (χ2v) is 7.67. The van der Waals surface area contributed by atoms with E-state index in [1.807, 2.05) is 42.5 Å². The van der Waals surface area contributed by atoms with E-state index in [0.717, 1.165) is 27.7 Å². The molecule has 0 spiro atoms. The SMILES string of the molecule is CCc1ccc(-n2c(O)c(C=C3C=Nc4ccc(Br)cc43)c(=O)[nH]c2=S)cc1. The highest BCUT2D eigenvalue weighted by atomic mass is 79.9. The van der Waals surface area contributed by atoms with Gasteiger partial charge >= 0.3 is 0 Å². The Morgan fingerprint density at radius 1 is 1.25 bits per heavy atom. The molecule has 2 heterocycles. The standard InChI is InChI=1S/C21H16BrN3O2S/c1-2-12-3-6-15(7-4-12)25-20(27)17(19(26)24-21(25)28)9-13-11-23-18-8-5-14(22)10-16(13)18/h3-11,27H,2H2,1H3,(H,24,26,28). The number of hydrogen-bond donors (Lipinski definition) is 2. The maximum Gasteiger partial charge on any atom is 0.262 e. The van der Waals surface area contributed by atoms with Crippen LogP contribution in [0.25, 0.3) is 17.3 Å². The third kappa shape index (κ3) is 3.27. The first-order chi connectivity index (χ1) is 13.5. The number of halogens is 1. The van der Waals surface area contributed by atoms with Crippen molar-refractivity contribution in [3.63, 3.8) is 0 Å². The van der Waals surface area contributed by atoms with Gasteiger partial charge in [0, 0.05) is 21.8 Å². The van der Waals surface area contributed by atoms with E-state index in [0.29, 0.717) is 5.69 Å². The number of aromatic nitrogens is 2. The molecule has 0 bridgehead atoms. The molecule has 0 atom stereocenters. The van der Waals surface area contributed by atoms with Gasteiger partial charge in [0.15, 0.2) is 4.77 Å². The summed E-state index contributed by atoms with van der Waals surface area (Å²) in [6.45, 7) is 2.07. The molecular formula is C21H16BrN3O2S. The van der Waals surface area contributed by atoms with Crippen molar-refractivity contribution in [3.8, 4) is 11.6 Å². The van der Waals surface area contributed by atoms with Crippen LogP contribution in [-0.4, -0.2) is 20.9 Å². The molecule has 5 nitrogen and oxygen atoms in total. The van der Waals surface area contributed by atoms with E-state index in [4.69, 9.17) is 12.2 Å². The molecule has 1 aromatic heterocycles. The Morgan fingerprint density at radius 3 is 2.71 bits per heavy atom. The fourth-order valence-corrected chi connectivity index (χ4v) is 3.77. The lowest BCUT2D eigenvalue weighted by Gasteiger charge is -2.12. The normalized spacial score (nSPS) is 13.9. The number of nitrogens with one attached hydrogen (secondary N) is 1. The van der Waals surface area contributed by atoms with Gasteiger partial charge in [0.2, 0.25) is 5.88 Å². The molecule has 0 unspecified atom stereocenters. The van der Waals surface area contributed by atoms with Crippen LogP contribution < -0.4 is 5.56 Å². The van der Waals surface area contributed by atoms with Gasteiger partial charge in [0.1, 0.15) is 5.56 Å². The van der Waals surface area contributed by atoms with Gasteiger partial charge in [-0.25, -0.2) is 0 Å². The molecule has 1 aliphatic rings. The number of aliphatic imine (C=N–C) groups is 1. The minimum atomic E-state index is -0.451. The number of aryl methyl sites for hydroxylation is 1. The lowest BCUT2D eigenvalue weighted by atomic mass is 10.1. The van der Waals surface area contributed by atoms with Gasteiger partial charge in [-0.2, -0.15) is 0 Å². The summed E-state index contributed by atoms with van der Waals surface area (Å²) < 4.78 is 2.50. The van der Waals surface area contributed by atoms with Crippen molar-refractivity contribution in [2.24, 2.45) is 4.99 Å². The van der Waals surface area contributed by atoms with Crippen molar-refractivity contribution in [1.82, 2.24) is 9.55 Å². The van der Waals surface area contributed by atoms with Crippen LogP contribution in [-0.2, 0) is 6.42 Å². The maximum absolute atomic E-state index is 12.5. The van der Waals surface area contributed by atoms with Gasteiger partial charge in [-0.15, -0.1) is 0 Å². The monoisotopic (exact) mass is 453 g/mol. The fraction of sp³-hybridized carbons (Fsp3) is 0.0952. The van der Waals surface area contributed by atoms with Crippen LogP contribution in [0.4, 0.5) is 5.69 Å². The summed E-state index contributed by atoms with van der Waals surface area (Å²) in [7, 11) is 0. The molecule has 0 fully saturated rings. The van der Waals surface area contributed by atoms with Crippen LogP contribution in [0.1, 0.15) is 23.6 Å². The maximum atomic E-state index is 12.5. The summed E-state index contributed by atoms with van der Waals surface area (Å²) in [6, 6.07) is 13.4. The van der Waals surface area contributed by atoms with E-state index >= 15 is 0 Å². The van der Waals surface area contributed by atoms with Crippen LogP contribution in [0, 0.1) is 4.77 Å². The molecule has 140 valence electrons. The number of allylic oxidation sites excluding steroid dienone is 1. The molecule has 2 aromatic carbocycles. The summed E-state index contributed by atoms with van der Waals surface area (Å²) in [6.07, 6.45) is 4.22. The van der Waals surface area contributed by atoms with Crippen molar-refractivity contribution >= 4 is 51.7 Å². The van der Waals surface area contributed by atoms with Crippen LogP contribution in [0.15, 0.2) is 56.7 Å². The largest absolute Gasteiger partial charge is 0.494 e. The molecule has 0 amide bonds. The molecule has 0 saturated carbocycles. The van der Waals surface area contributed by atoms with Crippen molar-refractivity contribution < 1.29 is 5.11 Å². The molecule has 0 radical (unpaired) electrons. The first-order valence-electron chi connectivity index (χ1n) is 8.71. The van der Waals surface area contributed by atoms with Gasteiger partial charge in [-0.3, -0.25) is 19.3 Å². The van der Waals surface area contributed by atoms with Crippen molar-refractivity contribution in [2.75, 3.05) is 0 Å². The molecule has 2 N–H and O–H groups in total. The second-order valence-electron chi connectivity index (χ2n) is 6.37. The highest BCUT2D eigenvalue weighted by molar-refractivity contribution is 9.10. The van der Waals surface area contributed by atoms with Crippen LogP contribution in [0.3, 0.4) is 0 Å². The Labute approximate surface area is 174 Å². The molecule has 0 aliphatic carbocycles. The summed E-state index contributed by atoms with van der Waals surface area (Å²) in [5.74, 6) is -0.206. The van der Waals surface area contributed by atoms with Crippen molar-refractivity contribution in [1.29, 1.82) is 0 Å². The summed E-state index contributed by atoms with van der Waals surface area (Å²) >= 11 is 8.74. The number of benzene rings is 2. The summed E-state index contributed by atoms with van der Waals surface area (Å²) in [5, 5.41) is 10.9. The average molecular weight is 454 g/mol. The van der Waals surface area contributed by atoms with Gasteiger partial charge in [0.25, 0.3) is 5.56 Å². The van der Waals surface area contributed by atoms with Gasteiger partial charge in [0.05, 0.1) is 11.4 Å². The van der Waals surface area contributed by atoms with Gasteiger partial charge in [-0.1, -0.05) is 35.0 Å². The lowest BCUT2D eigenvalue weighted by molar-refractivity contribution is 0.432. The van der Waals surface area contributed by atoms with Gasteiger partial charge < -0.3 is 5.11 Å². The highest BCUT2D eigenvalue weighted by Crippen LogP contribution is 2.35. The zero-order valence-corrected chi connectivity index (χ0v) is 17.3. The van der Waals surface area contributed by atoms with E-state index in [2.05, 4.69) is 32.8 Å². The zero-order valence-electron chi connectivity index (χ0n) is 14.9. The number of aromatic amines is 1. The first-order valence-corrected chi connectivity index (χ1v) is 9.91. The Bertz CT molecular complexity index is 1250. The Balaban J connectivity index is 1.88. The third-order valence-corrected chi connectivity index (χ3v) is 5.41. The molecule has 4 rings (SSSR count). The zero-order chi connectivity index (χ0) is 19.8. The van der Waals surface area contributed by atoms with E-state index in [1.54, 1.807) is 12.3 Å². The molecule has 28 heavy (non-hydrogen) atoms.